The second kappa shape index (κ2) is 6.95. The van der Waals surface area contributed by atoms with Crippen LogP contribution in [0.4, 0.5) is 13.2 Å². The summed E-state index contributed by atoms with van der Waals surface area (Å²) in [6, 6.07) is 6.77. The van der Waals surface area contributed by atoms with E-state index >= 15 is 0 Å². The summed E-state index contributed by atoms with van der Waals surface area (Å²) in [5.74, 6) is 0.440. The number of nitrogens with one attached hydrogen (secondary N) is 1. The molecule has 21 heavy (non-hydrogen) atoms. The molecule has 2 aromatic rings. The molecule has 0 aliphatic carbocycles. The standard InChI is InChI=1S/C15H16F3NOS/c1-19-8-6-14(11-7-9-21-10-11)20-13-4-2-12(3-5-13)15(16,17)18/h2-5,7,9-10,14,19H,6,8H2,1H3. The van der Waals surface area contributed by atoms with Crippen LogP contribution >= 0.6 is 11.3 Å². The number of halogens is 3. The highest BCUT2D eigenvalue weighted by Gasteiger charge is 2.30. The van der Waals surface area contributed by atoms with Crippen molar-refractivity contribution >= 4 is 11.3 Å². The van der Waals surface area contributed by atoms with Gasteiger partial charge >= 0.3 is 6.18 Å². The first-order valence-corrected chi connectivity index (χ1v) is 7.45. The van der Waals surface area contributed by atoms with Crippen molar-refractivity contribution in [1.29, 1.82) is 0 Å². The lowest BCUT2D eigenvalue weighted by atomic mass is 10.1. The highest BCUT2D eigenvalue weighted by molar-refractivity contribution is 7.07. The maximum Gasteiger partial charge on any atom is 0.416 e. The van der Waals surface area contributed by atoms with Crippen molar-refractivity contribution in [3.63, 3.8) is 0 Å². The van der Waals surface area contributed by atoms with E-state index in [0.29, 0.717) is 5.75 Å². The van der Waals surface area contributed by atoms with Crippen LogP contribution < -0.4 is 10.1 Å². The van der Waals surface area contributed by atoms with Gasteiger partial charge in [0.2, 0.25) is 0 Å². The van der Waals surface area contributed by atoms with Gasteiger partial charge in [-0.25, -0.2) is 0 Å². The number of rotatable bonds is 6. The van der Waals surface area contributed by atoms with E-state index in [1.807, 2.05) is 23.9 Å². The first kappa shape index (κ1) is 15.9. The largest absolute Gasteiger partial charge is 0.486 e. The van der Waals surface area contributed by atoms with E-state index in [0.717, 1.165) is 30.7 Å². The first-order valence-electron chi connectivity index (χ1n) is 6.51. The second-order valence-corrected chi connectivity index (χ2v) is 5.36. The third-order valence-electron chi connectivity index (χ3n) is 3.03. The highest BCUT2D eigenvalue weighted by Crippen LogP contribution is 2.32. The van der Waals surface area contributed by atoms with Crippen molar-refractivity contribution in [2.45, 2.75) is 18.7 Å². The van der Waals surface area contributed by atoms with Crippen LogP contribution in [0.1, 0.15) is 23.7 Å². The number of benzene rings is 1. The minimum Gasteiger partial charge on any atom is -0.486 e. The fourth-order valence-electron chi connectivity index (χ4n) is 1.91. The van der Waals surface area contributed by atoms with Crippen LogP contribution in [0.2, 0.25) is 0 Å². The maximum absolute atomic E-state index is 12.5. The lowest BCUT2D eigenvalue weighted by Crippen LogP contribution is -2.16. The Hall–Kier alpha value is -1.53. The third-order valence-corrected chi connectivity index (χ3v) is 3.73. The SMILES string of the molecule is CNCCC(Oc1ccc(C(F)(F)F)cc1)c1ccsc1. The molecule has 6 heteroatoms. The summed E-state index contributed by atoms with van der Waals surface area (Å²) in [5.41, 5.74) is 0.368. The Balaban J connectivity index is 2.09. The fraction of sp³-hybridized carbons (Fsp3) is 0.333. The van der Waals surface area contributed by atoms with Gasteiger partial charge in [0.25, 0.3) is 0 Å². The summed E-state index contributed by atoms with van der Waals surface area (Å²) >= 11 is 1.57. The molecule has 1 atom stereocenters. The Morgan fingerprint density at radius 2 is 1.90 bits per heavy atom. The second-order valence-electron chi connectivity index (χ2n) is 4.58. The van der Waals surface area contributed by atoms with Crippen LogP contribution in [0.3, 0.4) is 0 Å². The quantitative estimate of drug-likeness (QED) is 0.847. The number of ether oxygens (including phenoxy) is 1. The molecule has 0 saturated carbocycles. The van der Waals surface area contributed by atoms with Crippen LogP contribution in [0.15, 0.2) is 41.1 Å². The number of hydrogen-bond donors (Lipinski definition) is 1. The van der Waals surface area contributed by atoms with Crippen LogP contribution in [0.25, 0.3) is 0 Å². The molecule has 0 aliphatic rings. The highest BCUT2D eigenvalue weighted by atomic mass is 32.1. The minimum atomic E-state index is -4.32. The zero-order valence-electron chi connectivity index (χ0n) is 11.5. The van der Waals surface area contributed by atoms with Crippen molar-refractivity contribution < 1.29 is 17.9 Å². The summed E-state index contributed by atoms with van der Waals surface area (Å²) in [7, 11) is 1.85. The van der Waals surface area contributed by atoms with Crippen molar-refractivity contribution in [1.82, 2.24) is 5.32 Å². The summed E-state index contributed by atoms with van der Waals surface area (Å²) < 4.78 is 43.4. The summed E-state index contributed by atoms with van der Waals surface area (Å²) in [5, 5.41) is 7.00. The predicted molar refractivity (Wildman–Crippen MR) is 77.7 cm³/mol. The molecule has 0 bridgehead atoms. The molecule has 0 saturated heterocycles. The van der Waals surface area contributed by atoms with Gasteiger partial charge in [-0.05, 0) is 54.7 Å². The van der Waals surface area contributed by atoms with E-state index < -0.39 is 11.7 Å². The van der Waals surface area contributed by atoms with Crippen LogP contribution in [0.5, 0.6) is 5.75 Å². The fourth-order valence-corrected chi connectivity index (χ4v) is 2.62. The van der Waals surface area contributed by atoms with Crippen LogP contribution in [-0.2, 0) is 6.18 Å². The molecule has 2 nitrogen and oxygen atoms in total. The Morgan fingerprint density at radius 3 is 2.43 bits per heavy atom. The third kappa shape index (κ3) is 4.47. The molecule has 1 aromatic carbocycles. The smallest absolute Gasteiger partial charge is 0.416 e. The van der Waals surface area contributed by atoms with Gasteiger partial charge in [-0.15, -0.1) is 0 Å². The molecule has 1 heterocycles. The number of hydrogen-bond acceptors (Lipinski definition) is 3. The minimum absolute atomic E-state index is 0.166. The normalized spacial score (nSPS) is 13.1. The van der Waals surface area contributed by atoms with E-state index in [2.05, 4.69) is 5.32 Å². The lowest BCUT2D eigenvalue weighted by molar-refractivity contribution is -0.137. The van der Waals surface area contributed by atoms with Crippen LogP contribution in [0, 0.1) is 0 Å². The first-order chi connectivity index (χ1) is 10.0. The molecule has 1 unspecified atom stereocenters. The van der Waals surface area contributed by atoms with Crippen LogP contribution in [-0.4, -0.2) is 13.6 Å². The molecule has 1 N–H and O–H groups in total. The molecule has 2 rings (SSSR count). The van der Waals surface area contributed by atoms with Gasteiger partial charge in [0.1, 0.15) is 11.9 Å². The molecule has 0 spiro atoms. The Morgan fingerprint density at radius 1 is 1.19 bits per heavy atom. The Kier molecular flexibility index (Phi) is 5.25. The van der Waals surface area contributed by atoms with Crippen molar-refractivity contribution in [2.24, 2.45) is 0 Å². The van der Waals surface area contributed by atoms with E-state index in [1.54, 1.807) is 11.3 Å². The van der Waals surface area contributed by atoms with Crippen molar-refractivity contribution in [3.8, 4) is 5.75 Å². The topological polar surface area (TPSA) is 21.3 Å². The summed E-state index contributed by atoms with van der Waals surface area (Å²) in [6.45, 7) is 0.765. The van der Waals surface area contributed by atoms with Gasteiger partial charge < -0.3 is 10.1 Å². The van der Waals surface area contributed by atoms with Gasteiger partial charge in [0.05, 0.1) is 5.56 Å². The zero-order valence-corrected chi connectivity index (χ0v) is 12.3. The average molecular weight is 315 g/mol. The molecule has 0 fully saturated rings. The molecule has 0 aliphatic heterocycles. The number of alkyl halides is 3. The van der Waals surface area contributed by atoms with E-state index in [4.69, 9.17) is 4.74 Å². The van der Waals surface area contributed by atoms with Gasteiger partial charge in [0, 0.05) is 12.0 Å². The molecular weight excluding hydrogens is 299 g/mol. The van der Waals surface area contributed by atoms with Crippen molar-refractivity contribution in [2.75, 3.05) is 13.6 Å². The van der Waals surface area contributed by atoms with E-state index in [-0.39, 0.29) is 6.10 Å². The Labute approximate surface area is 125 Å². The molecule has 0 radical (unpaired) electrons. The molecule has 114 valence electrons. The maximum atomic E-state index is 12.5. The zero-order chi connectivity index (χ0) is 15.3. The molecular formula is C15H16F3NOS. The van der Waals surface area contributed by atoms with Gasteiger partial charge in [0.15, 0.2) is 0 Å². The molecule has 1 aromatic heterocycles. The Bertz CT molecular complexity index is 537. The molecule has 0 amide bonds. The van der Waals surface area contributed by atoms with Gasteiger partial charge in [-0.2, -0.15) is 24.5 Å². The summed E-state index contributed by atoms with van der Waals surface area (Å²) in [6.07, 6.45) is -3.74. The van der Waals surface area contributed by atoms with E-state index in [9.17, 15) is 13.2 Å². The van der Waals surface area contributed by atoms with Crippen molar-refractivity contribution in [3.05, 3.63) is 52.2 Å². The lowest BCUT2D eigenvalue weighted by Gasteiger charge is -2.18. The predicted octanol–water partition coefficient (Wildman–Crippen LogP) is 4.50. The average Bonchev–Trinajstić information content (AvgIpc) is 2.97. The monoisotopic (exact) mass is 315 g/mol. The van der Waals surface area contributed by atoms with Gasteiger partial charge in [-0.1, -0.05) is 0 Å². The summed E-state index contributed by atoms with van der Waals surface area (Å²) in [4.78, 5) is 0. The number of thiophene rings is 1. The van der Waals surface area contributed by atoms with E-state index in [1.165, 1.54) is 12.1 Å². The van der Waals surface area contributed by atoms with Gasteiger partial charge in [-0.3, -0.25) is 0 Å².